The highest BCUT2D eigenvalue weighted by molar-refractivity contribution is 5.87. The lowest BCUT2D eigenvalue weighted by Gasteiger charge is -2.04. The van der Waals surface area contributed by atoms with E-state index in [2.05, 4.69) is 5.32 Å². The summed E-state index contributed by atoms with van der Waals surface area (Å²) in [5.74, 6) is -1.77. The van der Waals surface area contributed by atoms with Crippen molar-refractivity contribution in [2.45, 2.75) is 13.0 Å². The smallest absolute Gasteiger partial charge is 0.334 e. The molecular formula is C7H11NO4. The molecule has 68 valence electrons. The predicted octanol–water partition coefficient (Wildman–Crippen LogP) is -0.876. The molecule has 0 heterocycles. The second-order valence-electron chi connectivity index (χ2n) is 2.10. The number of hydrogen-bond donors (Lipinski definition) is 3. The third-order valence-corrected chi connectivity index (χ3v) is 1.07. The molecule has 0 fully saturated rings. The minimum absolute atomic E-state index is 0.279. The molecule has 0 aliphatic carbocycles. The molecule has 1 atom stereocenters. The van der Waals surface area contributed by atoms with Crippen molar-refractivity contribution in [2.75, 3.05) is 6.54 Å². The number of aliphatic carboxylic acids is 1. The van der Waals surface area contributed by atoms with Crippen LogP contribution in [0, 0.1) is 0 Å². The average molecular weight is 173 g/mol. The fraction of sp³-hybridized carbons (Fsp3) is 0.429. The molecule has 12 heavy (non-hydrogen) atoms. The second-order valence-corrected chi connectivity index (χ2v) is 2.10. The van der Waals surface area contributed by atoms with Gasteiger partial charge in [-0.3, -0.25) is 4.79 Å². The van der Waals surface area contributed by atoms with Gasteiger partial charge in [0.2, 0.25) is 5.91 Å². The van der Waals surface area contributed by atoms with Gasteiger partial charge in [0.25, 0.3) is 0 Å². The topological polar surface area (TPSA) is 86.6 Å². The molecule has 0 aliphatic rings. The van der Waals surface area contributed by atoms with Crippen LogP contribution < -0.4 is 5.32 Å². The maximum absolute atomic E-state index is 10.7. The molecule has 0 aromatic carbocycles. The first-order valence-corrected chi connectivity index (χ1v) is 3.39. The van der Waals surface area contributed by atoms with Gasteiger partial charge in [-0.1, -0.05) is 6.08 Å². The minimum atomic E-state index is -1.54. The van der Waals surface area contributed by atoms with E-state index in [9.17, 15) is 9.59 Å². The number of rotatable bonds is 4. The summed E-state index contributed by atoms with van der Waals surface area (Å²) >= 11 is 0. The van der Waals surface area contributed by atoms with E-state index in [1.165, 1.54) is 12.2 Å². The van der Waals surface area contributed by atoms with Gasteiger partial charge in [-0.05, 0) is 13.0 Å². The first-order valence-electron chi connectivity index (χ1n) is 3.39. The van der Waals surface area contributed by atoms with Crippen molar-refractivity contribution in [3.8, 4) is 0 Å². The van der Waals surface area contributed by atoms with Gasteiger partial charge < -0.3 is 15.5 Å². The Hall–Kier alpha value is -1.36. The Bertz CT molecular complexity index is 200. The molecule has 3 N–H and O–H groups in total. The van der Waals surface area contributed by atoms with E-state index in [4.69, 9.17) is 10.2 Å². The Morgan fingerprint density at radius 3 is 2.58 bits per heavy atom. The number of aliphatic hydroxyl groups excluding tert-OH is 1. The third kappa shape index (κ3) is 4.45. The van der Waals surface area contributed by atoms with Crippen LogP contribution in [0.25, 0.3) is 0 Å². The highest BCUT2D eigenvalue weighted by atomic mass is 16.4. The average Bonchev–Trinajstić information content (AvgIpc) is 2.00. The SMILES string of the molecule is C/C=C/C(=O)NC[C@H](O)C(=O)O. The molecule has 0 aliphatic heterocycles. The van der Waals surface area contributed by atoms with Gasteiger partial charge in [0, 0.05) is 0 Å². The van der Waals surface area contributed by atoms with Crippen LogP contribution in [0.1, 0.15) is 6.92 Å². The van der Waals surface area contributed by atoms with Crippen LogP contribution in [0.5, 0.6) is 0 Å². The molecule has 0 spiro atoms. The number of allylic oxidation sites excluding steroid dienone is 1. The molecule has 1 amide bonds. The summed E-state index contributed by atoms with van der Waals surface area (Å²) < 4.78 is 0. The Morgan fingerprint density at radius 1 is 1.58 bits per heavy atom. The zero-order valence-electron chi connectivity index (χ0n) is 6.65. The van der Waals surface area contributed by atoms with Crippen molar-refractivity contribution in [2.24, 2.45) is 0 Å². The molecule has 0 rings (SSSR count). The number of aliphatic hydroxyl groups is 1. The fourth-order valence-corrected chi connectivity index (χ4v) is 0.495. The molecular weight excluding hydrogens is 162 g/mol. The van der Waals surface area contributed by atoms with Crippen LogP contribution in [-0.4, -0.2) is 34.7 Å². The number of amides is 1. The van der Waals surface area contributed by atoms with Crippen LogP contribution in [-0.2, 0) is 9.59 Å². The predicted molar refractivity (Wildman–Crippen MR) is 41.5 cm³/mol. The highest BCUT2D eigenvalue weighted by Crippen LogP contribution is 1.80. The Balaban J connectivity index is 3.68. The summed E-state index contributed by atoms with van der Waals surface area (Å²) in [6, 6.07) is 0. The summed E-state index contributed by atoms with van der Waals surface area (Å²) in [5.41, 5.74) is 0. The molecule has 0 saturated carbocycles. The van der Waals surface area contributed by atoms with E-state index in [1.54, 1.807) is 6.92 Å². The van der Waals surface area contributed by atoms with Crippen LogP contribution in [0.3, 0.4) is 0 Å². The van der Waals surface area contributed by atoms with Gasteiger partial charge >= 0.3 is 5.97 Å². The fourth-order valence-electron chi connectivity index (χ4n) is 0.495. The van der Waals surface area contributed by atoms with E-state index in [0.29, 0.717) is 0 Å². The van der Waals surface area contributed by atoms with Gasteiger partial charge in [-0.25, -0.2) is 4.79 Å². The van der Waals surface area contributed by atoms with Crippen molar-refractivity contribution in [1.82, 2.24) is 5.32 Å². The van der Waals surface area contributed by atoms with E-state index in [1.807, 2.05) is 0 Å². The molecule has 0 unspecified atom stereocenters. The molecule has 0 saturated heterocycles. The van der Waals surface area contributed by atoms with Crippen LogP contribution >= 0.6 is 0 Å². The van der Waals surface area contributed by atoms with Gasteiger partial charge in [0.15, 0.2) is 6.10 Å². The van der Waals surface area contributed by atoms with Crippen molar-refractivity contribution >= 4 is 11.9 Å². The van der Waals surface area contributed by atoms with Crippen LogP contribution in [0.15, 0.2) is 12.2 Å². The van der Waals surface area contributed by atoms with Gasteiger partial charge in [-0.15, -0.1) is 0 Å². The monoisotopic (exact) mass is 173 g/mol. The molecule has 0 radical (unpaired) electrons. The molecule has 0 bridgehead atoms. The molecule has 5 heteroatoms. The summed E-state index contributed by atoms with van der Waals surface area (Å²) in [5, 5.41) is 19.1. The number of nitrogens with one attached hydrogen (secondary N) is 1. The van der Waals surface area contributed by atoms with Crippen molar-refractivity contribution in [1.29, 1.82) is 0 Å². The zero-order valence-corrected chi connectivity index (χ0v) is 6.65. The minimum Gasteiger partial charge on any atom is -0.479 e. The van der Waals surface area contributed by atoms with Crippen LogP contribution in [0.2, 0.25) is 0 Å². The largest absolute Gasteiger partial charge is 0.479 e. The lowest BCUT2D eigenvalue weighted by Crippen LogP contribution is -2.35. The Labute approximate surface area is 69.7 Å². The van der Waals surface area contributed by atoms with Crippen molar-refractivity contribution in [3.63, 3.8) is 0 Å². The Morgan fingerprint density at radius 2 is 2.17 bits per heavy atom. The first kappa shape index (κ1) is 10.6. The normalized spacial score (nSPS) is 12.8. The number of hydrogen-bond acceptors (Lipinski definition) is 3. The summed E-state index contributed by atoms with van der Waals surface area (Å²) in [4.78, 5) is 20.7. The number of carboxylic acid groups (broad SMARTS) is 1. The zero-order chi connectivity index (χ0) is 9.56. The van der Waals surface area contributed by atoms with Crippen molar-refractivity contribution in [3.05, 3.63) is 12.2 Å². The molecule has 0 aromatic heterocycles. The van der Waals surface area contributed by atoms with E-state index in [0.717, 1.165) is 0 Å². The molecule has 5 nitrogen and oxygen atoms in total. The van der Waals surface area contributed by atoms with Crippen LogP contribution in [0.4, 0.5) is 0 Å². The lowest BCUT2D eigenvalue weighted by atomic mass is 10.3. The second kappa shape index (κ2) is 5.31. The quantitative estimate of drug-likeness (QED) is 0.482. The third-order valence-electron chi connectivity index (χ3n) is 1.07. The van der Waals surface area contributed by atoms with Gasteiger partial charge in [0.05, 0.1) is 6.54 Å². The highest BCUT2D eigenvalue weighted by Gasteiger charge is 2.12. The number of carboxylic acids is 1. The van der Waals surface area contributed by atoms with E-state index in [-0.39, 0.29) is 6.54 Å². The van der Waals surface area contributed by atoms with E-state index >= 15 is 0 Å². The summed E-state index contributed by atoms with van der Waals surface area (Å²) in [7, 11) is 0. The Kier molecular flexibility index (Phi) is 4.71. The first-order chi connectivity index (χ1) is 5.57. The summed E-state index contributed by atoms with van der Waals surface area (Å²) in [6.07, 6.45) is 1.22. The van der Waals surface area contributed by atoms with Gasteiger partial charge in [0.1, 0.15) is 0 Å². The lowest BCUT2D eigenvalue weighted by molar-refractivity contribution is -0.146. The van der Waals surface area contributed by atoms with E-state index < -0.39 is 18.0 Å². The van der Waals surface area contributed by atoms with Gasteiger partial charge in [-0.2, -0.15) is 0 Å². The maximum Gasteiger partial charge on any atom is 0.334 e. The molecule has 0 aromatic rings. The maximum atomic E-state index is 10.7. The summed E-state index contributed by atoms with van der Waals surface area (Å²) in [6.45, 7) is 1.38. The standard InChI is InChI=1S/C7H11NO4/c1-2-3-6(10)8-4-5(9)7(11)12/h2-3,5,9H,4H2,1H3,(H,8,10)(H,11,12)/b3-2+/t5-/m0/s1. The number of carbonyl (C=O) groups is 2. The number of carbonyl (C=O) groups excluding carboxylic acids is 1. The van der Waals surface area contributed by atoms with Crippen molar-refractivity contribution < 1.29 is 19.8 Å².